The SMILES string of the molecule is Clc1cc2cc3c(cc2cc1Cl)Oc1ccccc1N3. The standard InChI is InChI=1S/C16H9Cl2NO/c17-11-5-9-7-14-16(8-10(9)6-12(11)18)20-15-4-2-1-3-13(15)19-14/h1-8,19H. The largest absolute Gasteiger partial charge is 0.453 e. The first kappa shape index (κ1) is 11.9. The van der Waals surface area contributed by atoms with Crippen LogP contribution in [0.25, 0.3) is 10.8 Å². The summed E-state index contributed by atoms with van der Waals surface area (Å²) >= 11 is 12.1. The lowest BCUT2D eigenvalue weighted by Crippen LogP contribution is -2.02. The van der Waals surface area contributed by atoms with Crippen molar-refractivity contribution in [2.75, 3.05) is 5.32 Å². The molecule has 0 spiro atoms. The van der Waals surface area contributed by atoms with E-state index in [0.29, 0.717) is 10.0 Å². The Labute approximate surface area is 125 Å². The normalized spacial score (nSPS) is 12.3. The van der Waals surface area contributed by atoms with E-state index in [1.165, 1.54) is 0 Å². The van der Waals surface area contributed by atoms with E-state index >= 15 is 0 Å². The number of benzene rings is 3. The van der Waals surface area contributed by atoms with E-state index in [9.17, 15) is 0 Å². The van der Waals surface area contributed by atoms with Crippen LogP contribution in [0.1, 0.15) is 0 Å². The maximum atomic E-state index is 6.07. The summed E-state index contributed by atoms with van der Waals surface area (Å²) in [5.41, 5.74) is 1.88. The second-order valence-electron chi connectivity index (χ2n) is 4.69. The van der Waals surface area contributed by atoms with Crippen LogP contribution in [0.4, 0.5) is 11.4 Å². The van der Waals surface area contributed by atoms with Crippen molar-refractivity contribution in [2.24, 2.45) is 0 Å². The van der Waals surface area contributed by atoms with E-state index in [-0.39, 0.29) is 0 Å². The molecule has 0 aromatic heterocycles. The molecule has 0 fully saturated rings. The van der Waals surface area contributed by atoms with Crippen molar-refractivity contribution in [1.29, 1.82) is 0 Å². The summed E-state index contributed by atoms with van der Waals surface area (Å²) in [6.45, 7) is 0. The maximum absolute atomic E-state index is 6.07. The number of fused-ring (bicyclic) bond motifs is 3. The molecule has 0 unspecified atom stereocenters. The zero-order valence-electron chi connectivity index (χ0n) is 10.3. The number of ether oxygens (including phenoxy) is 1. The number of halogens is 2. The van der Waals surface area contributed by atoms with Gasteiger partial charge in [0.25, 0.3) is 0 Å². The van der Waals surface area contributed by atoms with Gasteiger partial charge >= 0.3 is 0 Å². The average Bonchev–Trinajstić information content (AvgIpc) is 2.44. The Bertz CT molecular complexity index is 776. The quantitative estimate of drug-likeness (QED) is 0.430. The molecule has 20 heavy (non-hydrogen) atoms. The van der Waals surface area contributed by atoms with Gasteiger partial charge in [-0.2, -0.15) is 0 Å². The Morgan fingerprint density at radius 3 is 2.25 bits per heavy atom. The summed E-state index contributed by atoms with van der Waals surface area (Å²) in [4.78, 5) is 0. The zero-order valence-corrected chi connectivity index (χ0v) is 11.8. The number of rotatable bonds is 0. The van der Waals surface area contributed by atoms with E-state index in [0.717, 1.165) is 33.6 Å². The van der Waals surface area contributed by atoms with Crippen molar-refractivity contribution in [1.82, 2.24) is 0 Å². The van der Waals surface area contributed by atoms with E-state index in [4.69, 9.17) is 27.9 Å². The zero-order chi connectivity index (χ0) is 13.7. The molecular weight excluding hydrogens is 293 g/mol. The van der Waals surface area contributed by atoms with Gasteiger partial charge in [0.05, 0.1) is 21.4 Å². The molecule has 3 aromatic carbocycles. The van der Waals surface area contributed by atoms with Gasteiger partial charge in [-0.25, -0.2) is 0 Å². The van der Waals surface area contributed by atoms with Gasteiger partial charge in [0.2, 0.25) is 0 Å². The average molecular weight is 302 g/mol. The van der Waals surface area contributed by atoms with Gasteiger partial charge < -0.3 is 10.1 Å². The first-order chi connectivity index (χ1) is 9.70. The summed E-state index contributed by atoms with van der Waals surface area (Å²) in [5.74, 6) is 1.61. The fourth-order valence-electron chi connectivity index (χ4n) is 2.38. The molecule has 1 N–H and O–H groups in total. The highest BCUT2D eigenvalue weighted by atomic mass is 35.5. The molecule has 0 aliphatic carbocycles. The summed E-state index contributed by atoms with van der Waals surface area (Å²) in [7, 11) is 0. The van der Waals surface area contributed by atoms with Gasteiger partial charge in [-0.05, 0) is 47.2 Å². The van der Waals surface area contributed by atoms with Crippen LogP contribution in [0, 0.1) is 0 Å². The van der Waals surface area contributed by atoms with E-state index in [2.05, 4.69) is 5.32 Å². The van der Waals surface area contributed by atoms with Crippen LogP contribution in [-0.2, 0) is 0 Å². The van der Waals surface area contributed by atoms with Gasteiger partial charge in [0.15, 0.2) is 11.5 Å². The molecule has 1 heterocycles. The Hall–Kier alpha value is -1.90. The Balaban J connectivity index is 1.92. The van der Waals surface area contributed by atoms with Crippen molar-refractivity contribution in [3.05, 3.63) is 58.6 Å². The molecule has 0 bridgehead atoms. The molecule has 1 aliphatic rings. The summed E-state index contributed by atoms with van der Waals surface area (Å²) in [5, 5.41) is 6.48. The summed E-state index contributed by atoms with van der Waals surface area (Å²) in [6, 6.07) is 15.5. The highest BCUT2D eigenvalue weighted by molar-refractivity contribution is 6.42. The third-order valence-electron chi connectivity index (χ3n) is 3.35. The molecule has 3 aromatic rings. The van der Waals surface area contributed by atoms with Crippen LogP contribution < -0.4 is 10.1 Å². The number of para-hydroxylation sites is 2. The van der Waals surface area contributed by atoms with Gasteiger partial charge in [-0.3, -0.25) is 0 Å². The number of hydrogen-bond donors (Lipinski definition) is 1. The second-order valence-corrected chi connectivity index (χ2v) is 5.50. The van der Waals surface area contributed by atoms with Gasteiger partial charge in [0, 0.05) is 0 Å². The van der Waals surface area contributed by atoms with Gasteiger partial charge in [-0.1, -0.05) is 35.3 Å². The molecule has 0 saturated heterocycles. The predicted molar refractivity (Wildman–Crippen MR) is 83.8 cm³/mol. The number of hydrogen-bond acceptors (Lipinski definition) is 2. The third-order valence-corrected chi connectivity index (χ3v) is 4.08. The van der Waals surface area contributed by atoms with Crippen LogP contribution in [0.5, 0.6) is 11.5 Å². The lowest BCUT2D eigenvalue weighted by Gasteiger charge is -2.22. The first-order valence-electron chi connectivity index (χ1n) is 6.17. The Kier molecular flexibility index (Phi) is 2.56. The van der Waals surface area contributed by atoms with E-state index in [1.54, 1.807) is 0 Å². The summed E-state index contributed by atoms with van der Waals surface area (Å²) < 4.78 is 5.92. The molecule has 0 atom stereocenters. The number of anilines is 2. The highest BCUT2D eigenvalue weighted by Gasteiger charge is 2.17. The molecule has 4 heteroatoms. The smallest absolute Gasteiger partial charge is 0.151 e. The predicted octanol–water partition coefficient (Wildman–Crippen LogP) is 6.00. The molecule has 0 amide bonds. The van der Waals surface area contributed by atoms with E-state index in [1.807, 2.05) is 48.5 Å². The minimum atomic E-state index is 0.545. The van der Waals surface area contributed by atoms with Crippen molar-refractivity contribution in [2.45, 2.75) is 0 Å². The van der Waals surface area contributed by atoms with Gasteiger partial charge in [-0.15, -0.1) is 0 Å². The minimum Gasteiger partial charge on any atom is -0.453 e. The lowest BCUT2D eigenvalue weighted by molar-refractivity contribution is 0.482. The van der Waals surface area contributed by atoms with Crippen LogP contribution in [0.2, 0.25) is 10.0 Å². The Morgan fingerprint density at radius 1 is 0.750 bits per heavy atom. The van der Waals surface area contributed by atoms with Crippen LogP contribution in [0.15, 0.2) is 48.5 Å². The second kappa shape index (κ2) is 4.30. The molecule has 4 rings (SSSR count). The first-order valence-corrected chi connectivity index (χ1v) is 6.93. The van der Waals surface area contributed by atoms with Crippen molar-refractivity contribution in [3.8, 4) is 11.5 Å². The molecule has 0 saturated carbocycles. The molecule has 1 aliphatic heterocycles. The Morgan fingerprint density at radius 2 is 1.45 bits per heavy atom. The van der Waals surface area contributed by atoms with E-state index < -0.39 is 0 Å². The monoisotopic (exact) mass is 301 g/mol. The topological polar surface area (TPSA) is 21.3 Å². The fraction of sp³-hybridized carbons (Fsp3) is 0. The lowest BCUT2D eigenvalue weighted by atomic mass is 10.1. The molecule has 98 valence electrons. The van der Waals surface area contributed by atoms with Gasteiger partial charge in [0.1, 0.15) is 0 Å². The van der Waals surface area contributed by atoms with Crippen LogP contribution >= 0.6 is 23.2 Å². The third kappa shape index (κ3) is 1.80. The molecule has 2 nitrogen and oxygen atoms in total. The minimum absolute atomic E-state index is 0.545. The van der Waals surface area contributed by atoms with Crippen molar-refractivity contribution < 1.29 is 4.74 Å². The molecule has 0 radical (unpaired) electrons. The summed E-state index contributed by atoms with van der Waals surface area (Å²) in [6.07, 6.45) is 0. The fourth-order valence-corrected chi connectivity index (χ4v) is 2.72. The van der Waals surface area contributed by atoms with Crippen LogP contribution in [-0.4, -0.2) is 0 Å². The maximum Gasteiger partial charge on any atom is 0.151 e. The highest BCUT2D eigenvalue weighted by Crippen LogP contribution is 2.44. The molecular formula is C16H9Cl2NO. The van der Waals surface area contributed by atoms with Crippen molar-refractivity contribution >= 4 is 45.3 Å². The van der Waals surface area contributed by atoms with Crippen LogP contribution in [0.3, 0.4) is 0 Å². The van der Waals surface area contributed by atoms with Crippen molar-refractivity contribution in [3.63, 3.8) is 0 Å². The number of nitrogens with one attached hydrogen (secondary N) is 1.